The van der Waals surface area contributed by atoms with E-state index in [4.69, 9.17) is 4.74 Å². The summed E-state index contributed by atoms with van der Waals surface area (Å²) in [5.41, 5.74) is 4.41. The molecule has 0 aromatic heterocycles. The first-order chi connectivity index (χ1) is 23.9. The van der Waals surface area contributed by atoms with Gasteiger partial charge in [-0.05, 0) is 63.1 Å². The number of unbranched alkanes of at least 4 members (excludes halogenated alkanes) is 1. The highest BCUT2D eigenvalue weighted by Gasteiger charge is 2.35. The van der Waals surface area contributed by atoms with E-state index in [9.17, 15) is 9.59 Å². The van der Waals surface area contributed by atoms with Crippen LogP contribution in [0.4, 0.5) is 21.0 Å². The van der Waals surface area contributed by atoms with Crippen LogP contribution in [-0.4, -0.2) is 35.5 Å². The Hall–Kier alpha value is -4.85. The number of amidine groups is 1. The van der Waals surface area contributed by atoms with E-state index in [1.807, 2.05) is 77.9 Å². The van der Waals surface area contributed by atoms with Crippen LogP contribution in [0.3, 0.4) is 0 Å². The molecule has 3 amide bonds. The molecule has 0 saturated carbocycles. The summed E-state index contributed by atoms with van der Waals surface area (Å²) in [7, 11) is 1.65. The molecular formula is C42H61N5O3. The predicted molar refractivity (Wildman–Crippen MR) is 212 cm³/mol. The molecule has 0 unspecified atom stereocenters. The van der Waals surface area contributed by atoms with Gasteiger partial charge in [0.1, 0.15) is 11.3 Å². The van der Waals surface area contributed by atoms with Crippen LogP contribution in [0.1, 0.15) is 99.6 Å². The number of hydrogen-bond acceptors (Lipinski definition) is 5. The van der Waals surface area contributed by atoms with E-state index in [1.54, 1.807) is 31.3 Å². The number of hydrogen-bond donors (Lipinski definition) is 1. The number of ether oxygens (including phenoxy) is 1. The molecule has 1 heterocycles. The molecule has 0 radical (unpaired) electrons. The molecule has 1 saturated heterocycles. The molecule has 50 heavy (non-hydrogen) atoms. The molecule has 272 valence electrons. The minimum atomic E-state index is -0.607. The van der Waals surface area contributed by atoms with Crippen molar-refractivity contribution in [1.29, 1.82) is 0 Å². The fourth-order valence-electron chi connectivity index (χ4n) is 4.45. The van der Waals surface area contributed by atoms with Crippen LogP contribution in [0.2, 0.25) is 0 Å². The Morgan fingerprint density at radius 2 is 1.32 bits per heavy atom. The van der Waals surface area contributed by atoms with Crippen LogP contribution < -0.4 is 15.1 Å². The van der Waals surface area contributed by atoms with Gasteiger partial charge in [0.25, 0.3) is 0 Å². The summed E-state index contributed by atoms with van der Waals surface area (Å²) in [6, 6.07) is 27.2. The average Bonchev–Trinajstić information content (AvgIpc) is 3.44. The number of carbonyl (C=O) groups is 2. The van der Waals surface area contributed by atoms with Gasteiger partial charge in [-0.15, -0.1) is 0 Å². The summed E-state index contributed by atoms with van der Waals surface area (Å²) >= 11 is 0. The lowest BCUT2D eigenvalue weighted by Crippen LogP contribution is -2.34. The second-order valence-corrected chi connectivity index (χ2v) is 12.5. The Kier molecular flexibility index (Phi) is 19.6. The van der Waals surface area contributed by atoms with Crippen molar-refractivity contribution in [3.63, 3.8) is 0 Å². The zero-order valence-electron chi connectivity index (χ0n) is 32.4. The molecule has 0 aliphatic carbocycles. The summed E-state index contributed by atoms with van der Waals surface area (Å²) in [6.07, 6.45) is 4.86. The Morgan fingerprint density at radius 3 is 1.72 bits per heavy atom. The number of benzene rings is 3. The maximum Gasteiger partial charge on any atom is 0.414 e. The minimum absolute atomic E-state index is 0.326. The van der Waals surface area contributed by atoms with Gasteiger partial charge in [-0.2, -0.15) is 0 Å². The topological polar surface area (TPSA) is 77.5 Å². The third kappa shape index (κ3) is 13.9. The Morgan fingerprint density at radius 1 is 0.860 bits per heavy atom. The lowest BCUT2D eigenvalue weighted by atomic mass is 10.1. The lowest BCUT2D eigenvalue weighted by Gasteiger charge is -2.27. The fourth-order valence-corrected chi connectivity index (χ4v) is 4.45. The molecular weight excluding hydrogens is 622 g/mol. The molecule has 3 aromatic carbocycles. The average molecular weight is 684 g/mol. The third-order valence-electron chi connectivity index (χ3n) is 7.02. The molecule has 1 fully saturated rings. The first-order valence-corrected chi connectivity index (χ1v) is 17.8. The number of rotatable bonds is 9. The van der Waals surface area contributed by atoms with Crippen molar-refractivity contribution >= 4 is 29.3 Å². The van der Waals surface area contributed by atoms with Crippen molar-refractivity contribution in [2.24, 2.45) is 4.99 Å². The van der Waals surface area contributed by atoms with Crippen LogP contribution >= 0.6 is 0 Å². The first kappa shape index (κ1) is 43.2. The third-order valence-corrected chi connectivity index (χ3v) is 7.02. The van der Waals surface area contributed by atoms with Gasteiger partial charge in [0.15, 0.2) is 5.84 Å². The fraction of sp³-hybridized carbons (Fsp3) is 0.405. The van der Waals surface area contributed by atoms with E-state index in [1.165, 1.54) is 35.3 Å². The number of nitrogens with zero attached hydrogens (tertiary/aromatic N) is 4. The number of aliphatic imine (C=N–C) groups is 1. The van der Waals surface area contributed by atoms with Gasteiger partial charge in [0.2, 0.25) is 0 Å². The monoisotopic (exact) mass is 683 g/mol. The van der Waals surface area contributed by atoms with Gasteiger partial charge in [-0.1, -0.05) is 128 Å². The van der Waals surface area contributed by atoms with Gasteiger partial charge in [0.05, 0.1) is 5.69 Å². The summed E-state index contributed by atoms with van der Waals surface area (Å²) in [6.45, 7) is 25.1. The lowest BCUT2D eigenvalue weighted by molar-refractivity contribution is 0.0589. The number of nitrogens with one attached hydrogen (secondary N) is 1. The van der Waals surface area contributed by atoms with Crippen LogP contribution in [0.5, 0.6) is 0 Å². The van der Waals surface area contributed by atoms with E-state index in [2.05, 4.69) is 73.7 Å². The normalized spacial score (nSPS) is 13.7. The minimum Gasteiger partial charge on any atom is -0.443 e. The van der Waals surface area contributed by atoms with Crippen molar-refractivity contribution in [3.05, 3.63) is 120 Å². The van der Waals surface area contributed by atoms with Crippen LogP contribution in [0.25, 0.3) is 0 Å². The van der Waals surface area contributed by atoms with Crippen molar-refractivity contribution < 1.29 is 14.3 Å². The molecule has 1 aliphatic heterocycles. The van der Waals surface area contributed by atoms with Crippen LogP contribution in [-0.2, 0) is 17.8 Å². The summed E-state index contributed by atoms with van der Waals surface area (Å²) in [5.74, 6) is 0.446. The quantitative estimate of drug-likeness (QED) is 0.243. The zero-order valence-corrected chi connectivity index (χ0v) is 32.4. The van der Waals surface area contributed by atoms with Gasteiger partial charge in [-0.3, -0.25) is 4.90 Å². The van der Waals surface area contributed by atoms with E-state index in [-0.39, 0.29) is 6.03 Å². The zero-order chi connectivity index (χ0) is 37.7. The Balaban J connectivity index is 0.00000125. The molecule has 1 N–H and O–H groups in total. The van der Waals surface area contributed by atoms with Crippen LogP contribution in [0.15, 0.2) is 114 Å². The van der Waals surface area contributed by atoms with Crippen molar-refractivity contribution in [3.8, 4) is 0 Å². The Labute approximate surface area is 302 Å². The van der Waals surface area contributed by atoms with Crippen LogP contribution in [0, 0.1) is 0 Å². The number of anilines is 2. The maximum atomic E-state index is 13.4. The molecule has 3 aromatic rings. The SMILES string of the molecule is C=CN=C1/C(=C(\C)N(Cc2ccccc2)Cc2ccccc2)NC(=O)N1c1ccc(N(C)C(=O)OC(C)(C)C)cc1.CC.CCC.CCCC. The molecule has 1 aliphatic rings. The summed E-state index contributed by atoms with van der Waals surface area (Å²) in [5, 5.41) is 3.03. The van der Waals surface area contributed by atoms with E-state index < -0.39 is 11.7 Å². The first-order valence-electron chi connectivity index (χ1n) is 17.8. The van der Waals surface area contributed by atoms with E-state index in [0.717, 1.165) is 16.8 Å². The smallest absolute Gasteiger partial charge is 0.414 e. The second kappa shape index (κ2) is 22.7. The predicted octanol–water partition coefficient (Wildman–Crippen LogP) is 11.3. The molecule has 8 nitrogen and oxygen atoms in total. The summed E-state index contributed by atoms with van der Waals surface area (Å²) in [4.78, 5) is 35.6. The Bertz CT molecular complexity index is 1450. The standard InChI is InChI=1S/C33H37N5O3.C4H10.C3H8.C2H6/c1-7-34-30-29(24(2)37(22-25-14-10-8-11-15-25)23-26-16-12-9-13-17-26)35-31(39)38(30)28-20-18-27(19-21-28)36(6)32(40)41-33(3,4)5;1-3-4-2;1-3-2;1-2/h7-21H,1,22-23H2,2-6H3,(H,35,39);3-4H2,1-2H3;3H2,1-2H3;1-2H3/b29-24-,34-30?;;;. The van der Waals surface area contributed by atoms with E-state index >= 15 is 0 Å². The number of allylic oxidation sites excluding steroid dienone is 1. The molecule has 0 bridgehead atoms. The van der Waals surface area contributed by atoms with Gasteiger partial charge >= 0.3 is 12.1 Å². The molecule has 4 rings (SSSR count). The largest absolute Gasteiger partial charge is 0.443 e. The number of carbonyl (C=O) groups excluding carboxylic acids is 2. The van der Waals surface area contributed by atoms with E-state index in [0.29, 0.717) is 36.0 Å². The van der Waals surface area contributed by atoms with Crippen molar-refractivity contribution in [1.82, 2.24) is 10.2 Å². The molecule has 0 spiro atoms. The van der Waals surface area contributed by atoms with Gasteiger partial charge < -0.3 is 15.0 Å². The van der Waals surface area contributed by atoms with Crippen molar-refractivity contribution in [2.75, 3.05) is 16.8 Å². The maximum absolute atomic E-state index is 13.4. The number of urea groups is 1. The highest BCUT2D eigenvalue weighted by Crippen LogP contribution is 2.28. The highest BCUT2D eigenvalue weighted by molar-refractivity contribution is 6.29. The van der Waals surface area contributed by atoms with Crippen molar-refractivity contribution in [2.45, 2.75) is 107 Å². The number of amides is 3. The highest BCUT2D eigenvalue weighted by atomic mass is 16.6. The molecule has 0 atom stereocenters. The summed E-state index contributed by atoms with van der Waals surface area (Å²) < 4.78 is 5.47. The van der Waals surface area contributed by atoms with Gasteiger partial charge in [-0.25, -0.2) is 19.5 Å². The van der Waals surface area contributed by atoms with Gasteiger partial charge in [0, 0.05) is 37.7 Å². The molecule has 8 heteroatoms. The second-order valence-electron chi connectivity index (χ2n) is 12.5.